The van der Waals surface area contributed by atoms with Gasteiger partial charge in [0.05, 0.1) is 7.11 Å². The lowest BCUT2D eigenvalue weighted by Gasteiger charge is -2.10. The van der Waals surface area contributed by atoms with Crippen molar-refractivity contribution in [1.82, 2.24) is 5.32 Å². The van der Waals surface area contributed by atoms with Crippen molar-refractivity contribution in [2.75, 3.05) is 7.11 Å². The third-order valence-corrected chi connectivity index (χ3v) is 4.67. The van der Waals surface area contributed by atoms with E-state index in [1.165, 1.54) is 32.4 Å². The Morgan fingerprint density at radius 1 is 1.33 bits per heavy atom. The molecule has 5 nitrogen and oxygen atoms in total. The third kappa shape index (κ3) is 2.60. The number of fused-ring (bicyclic) bond motifs is 1. The van der Waals surface area contributed by atoms with Crippen molar-refractivity contribution in [3.8, 4) is 5.75 Å². The average Bonchev–Trinajstić information content (AvgIpc) is 2.97. The smallest absolute Gasteiger partial charge is 0.339 e. The van der Waals surface area contributed by atoms with Crippen molar-refractivity contribution >= 4 is 11.9 Å². The van der Waals surface area contributed by atoms with Gasteiger partial charge in [-0.15, -0.1) is 0 Å². The van der Waals surface area contributed by atoms with Gasteiger partial charge in [-0.1, -0.05) is 12.5 Å². The normalized spacial score (nSPS) is 26.0. The number of nitrogens with one attached hydrogen (secondary N) is 1. The molecule has 21 heavy (non-hydrogen) atoms. The monoisotopic (exact) mass is 289 g/mol. The van der Waals surface area contributed by atoms with E-state index in [0.717, 1.165) is 5.56 Å². The summed E-state index contributed by atoms with van der Waals surface area (Å²) < 4.78 is 5.08. The Morgan fingerprint density at radius 2 is 2.05 bits per heavy atom. The van der Waals surface area contributed by atoms with Crippen LogP contribution >= 0.6 is 0 Å². The number of carbonyl (C=O) groups is 2. The van der Waals surface area contributed by atoms with Gasteiger partial charge in [0.2, 0.25) is 5.91 Å². The highest BCUT2D eigenvalue weighted by atomic mass is 16.5. The summed E-state index contributed by atoms with van der Waals surface area (Å²) in [6.07, 6.45) is 3.63. The maximum absolute atomic E-state index is 12.1. The lowest BCUT2D eigenvalue weighted by atomic mass is 10.1. The summed E-state index contributed by atoms with van der Waals surface area (Å²) in [7, 11) is 1.44. The van der Waals surface area contributed by atoms with Crippen molar-refractivity contribution in [1.29, 1.82) is 0 Å². The Labute approximate surface area is 123 Å². The molecule has 5 heteroatoms. The zero-order chi connectivity index (χ0) is 15.0. The fraction of sp³-hybridized carbons (Fsp3) is 0.500. The number of ether oxygens (including phenoxy) is 1. The SMILES string of the molecule is COc1cc(CNC(=O)C2C3CCCC32)ccc1C(=O)O. The number of methoxy groups -OCH3 is 1. The maximum atomic E-state index is 12.1. The van der Waals surface area contributed by atoms with E-state index in [4.69, 9.17) is 9.84 Å². The van der Waals surface area contributed by atoms with E-state index in [1.54, 1.807) is 12.1 Å². The largest absolute Gasteiger partial charge is 0.496 e. The minimum absolute atomic E-state index is 0.129. The van der Waals surface area contributed by atoms with E-state index in [-0.39, 0.29) is 17.4 Å². The van der Waals surface area contributed by atoms with Crippen LogP contribution in [0.5, 0.6) is 5.75 Å². The second-order valence-corrected chi connectivity index (χ2v) is 5.84. The third-order valence-electron chi connectivity index (χ3n) is 4.67. The Hall–Kier alpha value is -2.04. The van der Waals surface area contributed by atoms with Crippen LogP contribution in [-0.2, 0) is 11.3 Å². The summed E-state index contributed by atoms with van der Waals surface area (Å²) in [5.41, 5.74) is 0.973. The Kier molecular flexibility index (Phi) is 3.57. The molecule has 0 aromatic heterocycles. The summed E-state index contributed by atoms with van der Waals surface area (Å²) in [5, 5.41) is 12.0. The molecule has 2 aliphatic carbocycles. The molecular formula is C16H19NO4. The number of carboxylic acids is 1. The lowest BCUT2D eigenvalue weighted by Crippen LogP contribution is -2.26. The first-order chi connectivity index (χ1) is 10.1. The zero-order valence-corrected chi connectivity index (χ0v) is 12.0. The number of aromatic carboxylic acids is 1. The molecule has 2 atom stereocenters. The van der Waals surface area contributed by atoms with Gasteiger partial charge in [-0.3, -0.25) is 4.79 Å². The first kappa shape index (κ1) is 13.9. The molecule has 2 unspecified atom stereocenters. The average molecular weight is 289 g/mol. The van der Waals surface area contributed by atoms with Crippen LogP contribution in [0.1, 0.15) is 35.2 Å². The maximum Gasteiger partial charge on any atom is 0.339 e. The summed E-state index contributed by atoms with van der Waals surface area (Å²) >= 11 is 0. The highest BCUT2D eigenvalue weighted by molar-refractivity contribution is 5.91. The van der Waals surface area contributed by atoms with Gasteiger partial charge in [-0.25, -0.2) is 4.79 Å². The van der Waals surface area contributed by atoms with E-state index in [2.05, 4.69) is 5.32 Å². The molecule has 1 aromatic rings. The lowest BCUT2D eigenvalue weighted by molar-refractivity contribution is -0.123. The van der Waals surface area contributed by atoms with Crippen molar-refractivity contribution in [2.24, 2.45) is 17.8 Å². The molecule has 3 rings (SSSR count). The molecule has 2 saturated carbocycles. The van der Waals surface area contributed by atoms with E-state index < -0.39 is 5.97 Å². The van der Waals surface area contributed by atoms with Crippen LogP contribution in [0.3, 0.4) is 0 Å². The summed E-state index contributed by atoms with van der Waals surface area (Å²) in [4.78, 5) is 23.1. The van der Waals surface area contributed by atoms with Crippen LogP contribution in [-0.4, -0.2) is 24.1 Å². The molecule has 1 amide bonds. The first-order valence-corrected chi connectivity index (χ1v) is 7.29. The van der Waals surface area contributed by atoms with E-state index in [9.17, 15) is 9.59 Å². The van der Waals surface area contributed by atoms with Gasteiger partial charge in [0.1, 0.15) is 11.3 Å². The van der Waals surface area contributed by atoms with Crippen LogP contribution in [0.4, 0.5) is 0 Å². The highest BCUT2D eigenvalue weighted by Gasteiger charge is 2.56. The van der Waals surface area contributed by atoms with Crippen LogP contribution in [0.2, 0.25) is 0 Å². The molecule has 0 aliphatic heterocycles. The number of rotatable bonds is 5. The topological polar surface area (TPSA) is 75.6 Å². The van der Waals surface area contributed by atoms with Crippen LogP contribution in [0.15, 0.2) is 18.2 Å². The minimum Gasteiger partial charge on any atom is -0.496 e. The van der Waals surface area contributed by atoms with Gasteiger partial charge in [-0.05, 0) is 42.4 Å². The molecule has 2 aliphatic rings. The fourth-order valence-corrected chi connectivity index (χ4v) is 3.54. The summed E-state index contributed by atoms with van der Waals surface area (Å²) in [6, 6.07) is 4.88. The van der Waals surface area contributed by atoms with Crippen molar-refractivity contribution in [2.45, 2.75) is 25.8 Å². The number of hydrogen-bond acceptors (Lipinski definition) is 3. The predicted octanol–water partition coefficient (Wildman–Crippen LogP) is 2.06. The molecule has 112 valence electrons. The summed E-state index contributed by atoms with van der Waals surface area (Å²) in [6.45, 7) is 0.408. The second kappa shape index (κ2) is 5.39. The van der Waals surface area contributed by atoms with Gasteiger partial charge in [0, 0.05) is 12.5 Å². The van der Waals surface area contributed by atoms with Crippen LogP contribution < -0.4 is 10.1 Å². The molecule has 0 spiro atoms. The van der Waals surface area contributed by atoms with Crippen LogP contribution in [0.25, 0.3) is 0 Å². The van der Waals surface area contributed by atoms with Gasteiger partial charge in [0.25, 0.3) is 0 Å². The molecular weight excluding hydrogens is 270 g/mol. The Balaban J connectivity index is 1.60. The highest BCUT2D eigenvalue weighted by Crippen LogP contribution is 2.57. The van der Waals surface area contributed by atoms with Crippen molar-refractivity contribution in [3.63, 3.8) is 0 Å². The summed E-state index contributed by atoms with van der Waals surface area (Å²) in [5.74, 6) is 0.846. The van der Waals surface area contributed by atoms with E-state index in [0.29, 0.717) is 24.1 Å². The molecule has 2 fully saturated rings. The fourth-order valence-electron chi connectivity index (χ4n) is 3.54. The van der Waals surface area contributed by atoms with Gasteiger partial charge in [-0.2, -0.15) is 0 Å². The van der Waals surface area contributed by atoms with Gasteiger partial charge >= 0.3 is 5.97 Å². The minimum atomic E-state index is -1.02. The molecule has 0 saturated heterocycles. The molecule has 2 N–H and O–H groups in total. The second-order valence-electron chi connectivity index (χ2n) is 5.84. The first-order valence-electron chi connectivity index (χ1n) is 7.29. The Bertz CT molecular complexity index is 574. The van der Waals surface area contributed by atoms with Crippen molar-refractivity contribution in [3.05, 3.63) is 29.3 Å². The number of hydrogen-bond donors (Lipinski definition) is 2. The zero-order valence-electron chi connectivity index (χ0n) is 12.0. The van der Waals surface area contributed by atoms with E-state index >= 15 is 0 Å². The predicted molar refractivity (Wildman–Crippen MR) is 76.1 cm³/mol. The number of amides is 1. The van der Waals surface area contributed by atoms with E-state index in [1.807, 2.05) is 0 Å². The van der Waals surface area contributed by atoms with Crippen LogP contribution in [0, 0.1) is 17.8 Å². The van der Waals surface area contributed by atoms with Gasteiger partial charge in [0.15, 0.2) is 0 Å². The molecule has 0 bridgehead atoms. The molecule has 0 heterocycles. The van der Waals surface area contributed by atoms with Crippen molar-refractivity contribution < 1.29 is 19.4 Å². The number of carboxylic acid groups (broad SMARTS) is 1. The molecule has 1 aromatic carbocycles. The standard InChI is InChI=1S/C16H19NO4/c1-21-13-7-9(5-6-12(13)16(19)20)8-17-15(18)14-10-3-2-4-11(10)14/h5-7,10-11,14H,2-4,8H2,1H3,(H,17,18)(H,19,20). The molecule has 0 radical (unpaired) electrons. The van der Waals surface area contributed by atoms with Gasteiger partial charge < -0.3 is 15.2 Å². The quantitative estimate of drug-likeness (QED) is 0.870. The number of carbonyl (C=O) groups excluding carboxylic acids is 1. The number of benzene rings is 1. The Morgan fingerprint density at radius 3 is 2.67 bits per heavy atom.